The number of hydrogen-bond donors (Lipinski definition) is 0. The predicted octanol–water partition coefficient (Wildman–Crippen LogP) is 5.97. The number of alkyl halides is 1. The summed E-state index contributed by atoms with van der Waals surface area (Å²) in [5.74, 6) is 1.54. The van der Waals surface area contributed by atoms with E-state index in [1.54, 1.807) is 25.6 Å². The fraction of sp³-hybridized carbons (Fsp3) is 0.286. The standard InChI is InChI=1S/C14H13Br2ClO2S/c1-7-6-20-14(13(7)17)12(16)8-4-11(19-3)9(15)5-10(8)18-2/h4-6,12H,1-3H3. The van der Waals surface area contributed by atoms with E-state index in [1.165, 1.54) is 0 Å². The van der Waals surface area contributed by atoms with Crippen molar-refractivity contribution in [3.8, 4) is 11.5 Å². The van der Waals surface area contributed by atoms with Gasteiger partial charge in [0.15, 0.2) is 0 Å². The number of aryl methyl sites for hydroxylation is 1. The molecule has 0 N–H and O–H groups in total. The number of benzene rings is 1. The van der Waals surface area contributed by atoms with Gasteiger partial charge in [0.05, 0.1) is 28.5 Å². The Bertz CT molecular complexity index is 628. The van der Waals surface area contributed by atoms with Crippen molar-refractivity contribution in [2.75, 3.05) is 14.2 Å². The molecule has 1 unspecified atom stereocenters. The van der Waals surface area contributed by atoms with Crippen LogP contribution in [0.15, 0.2) is 22.0 Å². The van der Waals surface area contributed by atoms with Gasteiger partial charge in [0.25, 0.3) is 0 Å². The van der Waals surface area contributed by atoms with E-state index < -0.39 is 0 Å². The highest BCUT2D eigenvalue weighted by Gasteiger charge is 2.22. The molecule has 0 radical (unpaired) electrons. The third kappa shape index (κ3) is 3.01. The molecule has 0 saturated heterocycles. The average Bonchev–Trinajstić information content (AvgIpc) is 2.78. The molecule has 0 bridgehead atoms. The molecule has 1 aromatic heterocycles. The molecule has 2 rings (SSSR count). The maximum atomic E-state index is 6.35. The van der Waals surface area contributed by atoms with E-state index in [0.29, 0.717) is 0 Å². The molecule has 1 heterocycles. The lowest BCUT2D eigenvalue weighted by atomic mass is 10.1. The summed E-state index contributed by atoms with van der Waals surface area (Å²) < 4.78 is 11.7. The quantitative estimate of drug-likeness (QED) is 0.545. The Labute approximate surface area is 144 Å². The highest BCUT2D eigenvalue weighted by Crippen LogP contribution is 2.46. The third-order valence-corrected chi connectivity index (χ3v) is 6.59. The first-order valence-corrected chi connectivity index (χ1v) is 8.75. The van der Waals surface area contributed by atoms with E-state index in [1.807, 2.05) is 19.1 Å². The van der Waals surface area contributed by atoms with Gasteiger partial charge in [-0.2, -0.15) is 0 Å². The molecule has 1 aromatic carbocycles. The largest absolute Gasteiger partial charge is 0.496 e. The van der Waals surface area contributed by atoms with Gasteiger partial charge in [-0.1, -0.05) is 27.5 Å². The third-order valence-electron chi connectivity index (χ3n) is 2.93. The molecule has 0 spiro atoms. The second kappa shape index (κ2) is 6.69. The maximum absolute atomic E-state index is 6.35. The molecular weight excluding hydrogens is 427 g/mol. The van der Waals surface area contributed by atoms with E-state index in [2.05, 4.69) is 37.2 Å². The lowest BCUT2D eigenvalue weighted by Crippen LogP contribution is -1.98. The summed E-state index contributed by atoms with van der Waals surface area (Å²) in [7, 11) is 3.29. The molecule has 0 aliphatic rings. The molecule has 0 fully saturated rings. The fourth-order valence-corrected chi connectivity index (χ4v) is 4.67. The van der Waals surface area contributed by atoms with Crippen LogP contribution in [0.2, 0.25) is 5.02 Å². The monoisotopic (exact) mass is 438 g/mol. The van der Waals surface area contributed by atoms with E-state index in [0.717, 1.165) is 37.0 Å². The first-order valence-electron chi connectivity index (χ1n) is 5.78. The lowest BCUT2D eigenvalue weighted by Gasteiger charge is -2.16. The van der Waals surface area contributed by atoms with Gasteiger partial charge in [-0.3, -0.25) is 0 Å². The fourth-order valence-electron chi connectivity index (χ4n) is 1.84. The SMILES string of the molecule is COc1cc(C(Br)c2scc(C)c2Cl)c(OC)cc1Br. The van der Waals surface area contributed by atoms with Crippen LogP contribution in [0.25, 0.3) is 0 Å². The van der Waals surface area contributed by atoms with Crippen molar-refractivity contribution in [2.24, 2.45) is 0 Å². The number of ether oxygens (including phenoxy) is 2. The molecular formula is C14H13Br2ClO2S. The van der Waals surface area contributed by atoms with Gasteiger partial charge >= 0.3 is 0 Å². The van der Waals surface area contributed by atoms with Gasteiger partial charge in [-0.05, 0) is 45.9 Å². The minimum atomic E-state index is -0.0364. The van der Waals surface area contributed by atoms with E-state index in [-0.39, 0.29) is 4.83 Å². The molecule has 0 aliphatic carbocycles. The van der Waals surface area contributed by atoms with Gasteiger partial charge in [0.1, 0.15) is 11.5 Å². The van der Waals surface area contributed by atoms with Crippen molar-refractivity contribution in [1.82, 2.24) is 0 Å². The van der Waals surface area contributed by atoms with Crippen LogP contribution in [-0.2, 0) is 0 Å². The number of halogens is 3. The Balaban J connectivity index is 2.53. The summed E-state index contributed by atoms with van der Waals surface area (Å²) in [4.78, 5) is 1.03. The van der Waals surface area contributed by atoms with Crippen LogP contribution in [-0.4, -0.2) is 14.2 Å². The zero-order valence-corrected chi connectivity index (χ0v) is 15.9. The van der Waals surface area contributed by atoms with Crippen LogP contribution < -0.4 is 9.47 Å². The van der Waals surface area contributed by atoms with Gasteiger partial charge in [-0.25, -0.2) is 0 Å². The van der Waals surface area contributed by atoms with E-state index >= 15 is 0 Å². The van der Waals surface area contributed by atoms with Gasteiger partial charge in [-0.15, -0.1) is 11.3 Å². The number of thiophene rings is 1. The normalized spacial score (nSPS) is 12.3. The topological polar surface area (TPSA) is 18.5 Å². The Morgan fingerprint density at radius 1 is 1.20 bits per heavy atom. The van der Waals surface area contributed by atoms with Crippen molar-refractivity contribution in [3.63, 3.8) is 0 Å². The highest BCUT2D eigenvalue weighted by molar-refractivity contribution is 9.10. The predicted molar refractivity (Wildman–Crippen MR) is 92.1 cm³/mol. The summed E-state index contributed by atoms with van der Waals surface area (Å²) in [6, 6.07) is 3.85. The van der Waals surface area contributed by atoms with Crippen molar-refractivity contribution in [1.29, 1.82) is 0 Å². The molecule has 2 aromatic rings. The lowest BCUT2D eigenvalue weighted by molar-refractivity contribution is 0.397. The van der Waals surface area contributed by atoms with E-state index in [9.17, 15) is 0 Å². The van der Waals surface area contributed by atoms with Gasteiger partial charge < -0.3 is 9.47 Å². The minimum Gasteiger partial charge on any atom is -0.496 e. The summed E-state index contributed by atoms with van der Waals surface area (Å²) in [5, 5.41) is 2.84. The highest BCUT2D eigenvalue weighted by atomic mass is 79.9. The molecule has 2 nitrogen and oxygen atoms in total. The van der Waals surface area contributed by atoms with E-state index in [4.69, 9.17) is 21.1 Å². The van der Waals surface area contributed by atoms with Gasteiger partial charge in [0, 0.05) is 10.4 Å². The van der Waals surface area contributed by atoms with Crippen LogP contribution in [0.1, 0.15) is 20.8 Å². The van der Waals surface area contributed by atoms with Crippen molar-refractivity contribution >= 4 is 54.8 Å². The minimum absolute atomic E-state index is 0.0364. The molecule has 108 valence electrons. The zero-order chi connectivity index (χ0) is 14.9. The molecule has 20 heavy (non-hydrogen) atoms. The van der Waals surface area contributed by atoms with Gasteiger partial charge in [0.2, 0.25) is 0 Å². The summed E-state index contributed by atoms with van der Waals surface area (Å²) in [5.41, 5.74) is 2.07. The van der Waals surface area contributed by atoms with Crippen molar-refractivity contribution in [3.05, 3.63) is 43.0 Å². The van der Waals surface area contributed by atoms with Crippen molar-refractivity contribution in [2.45, 2.75) is 11.8 Å². The first-order chi connectivity index (χ1) is 9.49. The Morgan fingerprint density at radius 2 is 1.85 bits per heavy atom. The van der Waals surface area contributed by atoms with Crippen LogP contribution in [0.5, 0.6) is 11.5 Å². The molecule has 6 heteroatoms. The van der Waals surface area contributed by atoms with Crippen LogP contribution in [0, 0.1) is 6.92 Å². The number of methoxy groups -OCH3 is 2. The summed E-state index contributed by atoms with van der Waals surface area (Å²) in [6.07, 6.45) is 0. The maximum Gasteiger partial charge on any atom is 0.133 e. The Kier molecular flexibility index (Phi) is 5.40. The summed E-state index contributed by atoms with van der Waals surface area (Å²) >= 11 is 15.2. The van der Waals surface area contributed by atoms with Crippen LogP contribution >= 0.6 is 54.8 Å². The second-order valence-corrected chi connectivity index (χ2v) is 7.25. The Hall–Kier alpha value is -0.230. The van der Waals surface area contributed by atoms with Crippen molar-refractivity contribution < 1.29 is 9.47 Å². The number of rotatable bonds is 4. The average molecular weight is 441 g/mol. The molecule has 1 atom stereocenters. The number of hydrogen-bond acceptors (Lipinski definition) is 3. The smallest absolute Gasteiger partial charge is 0.133 e. The van der Waals surface area contributed by atoms with Crippen LogP contribution in [0.3, 0.4) is 0 Å². The molecule has 0 saturated carbocycles. The van der Waals surface area contributed by atoms with Crippen LogP contribution in [0.4, 0.5) is 0 Å². The zero-order valence-electron chi connectivity index (χ0n) is 11.2. The molecule has 0 aliphatic heterocycles. The molecule has 0 amide bonds. The Morgan fingerprint density at radius 3 is 2.35 bits per heavy atom. The summed E-state index contributed by atoms with van der Waals surface area (Å²) in [6.45, 7) is 2.00. The second-order valence-electron chi connectivity index (χ2n) is 4.19. The first kappa shape index (κ1) is 16.1.